The van der Waals surface area contributed by atoms with Crippen molar-refractivity contribution in [2.75, 3.05) is 6.54 Å². The molecule has 1 heterocycles. The fourth-order valence-electron chi connectivity index (χ4n) is 2.43. The number of hydrogen-bond donors (Lipinski definition) is 1. The SMILES string of the molecule is CCCCC(C)C(NCC)c1sc(C)cc1C. The van der Waals surface area contributed by atoms with Crippen LogP contribution < -0.4 is 5.32 Å². The number of unbranched alkanes of at least 4 members (excludes halogenated alkanes) is 1. The molecule has 0 saturated heterocycles. The molecule has 1 aromatic rings. The summed E-state index contributed by atoms with van der Waals surface area (Å²) in [6.45, 7) is 12.4. The second-order valence-electron chi connectivity index (χ2n) is 5.06. The predicted octanol–water partition coefficient (Wildman–Crippen LogP) is 4.84. The molecule has 0 bridgehead atoms. The van der Waals surface area contributed by atoms with Crippen LogP contribution in [0.1, 0.15) is 61.4 Å². The van der Waals surface area contributed by atoms with Crippen LogP contribution in [0.2, 0.25) is 0 Å². The molecule has 0 radical (unpaired) electrons. The van der Waals surface area contributed by atoms with Crippen molar-refractivity contribution in [2.45, 2.75) is 59.9 Å². The van der Waals surface area contributed by atoms with Crippen LogP contribution in [0.3, 0.4) is 0 Å². The van der Waals surface area contributed by atoms with Crippen LogP contribution >= 0.6 is 11.3 Å². The van der Waals surface area contributed by atoms with Crippen molar-refractivity contribution in [3.63, 3.8) is 0 Å². The Kier molecular flexibility index (Phi) is 6.21. The molecule has 17 heavy (non-hydrogen) atoms. The Morgan fingerprint density at radius 2 is 2.00 bits per heavy atom. The zero-order valence-electron chi connectivity index (χ0n) is 12.0. The van der Waals surface area contributed by atoms with E-state index < -0.39 is 0 Å². The van der Waals surface area contributed by atoms with Gasteiger partial charge in [0.25, 0.3) is 0 Å². The van der Waals surface area contributed by atoms with Gasteiger partial charge in [-0.3, -0.25) is 0 Å². The van der Waals surface area contributed by atoms with Gasteiger partial charge in [0.15, 0.2) is 0 Å². The molecule has 1 nitrogen and oxygen atoms in total. The van der Waals surface area contributed by atoms with E-state index in [9.17, 15) is 0 Å². The van der Waals surface area contributed by atoms with Gasteiger partial charge in [-0.2, -0.15) is 0 Å². The van der Waals surface area contributed by atoms with Crippen molar-refractivity contribution in [1.29, 1.82) is 0 Å². The van der Waals surface area contributed by atoms with Crippen molar-refractivity contribution in [1.82, 2.24) is 5.32 Å². The van der Waals surface area contributed by atoms with E-state index >= 15 is 0 Å². The molecule has 0 aliphatic carbocycles. The lowest BCUT2D eigenvalue weighted by atomic mass is 9.93. The topological polar surface area (TPSA) is 12.0 Å². The number of nitrogens with one attached hydrogen (secondary N) is 1. The van der Waals surface area contributed by atoms with E-state index in [1.54, 1.807) is 4.88 Å². The maximum Gasteiger partial charge on any atom is 0.0443 e. The van der Waals surface area contributed by atoms with Crippen molar-refractivity contribution in [3.8, 4) is 0 Å². The molecule has 0 saturated carbocycles. The minimum atomic E-state index is 0.547. The van der Waals surface area contributed by atoms with Gasteiger partial charge in [-0.15, -0.1) is 11.3 Å². The van der Waals surface area contributed by atoms with Crippen LogP contribution in [0, 0.1) is 19.8 Å². The zero-order valence-corrected chi connectivity index (χ0v) is 12.8. The normalized spacial score (nSPS) is 14.9. The van der Waals surface area contributed by atoms with Crippen LogP contribution in [-0.2, 0) is 0 Å². The third-order valence-electron chi connectivity index (χ3n) is 3.37. The average molecular weight is 253 g/mol. The van der Waals surface area contributed by atoms with Crippen molar-refractivity contribution < 1.29 is 0 Å². The Balaban J connectivity index is 2.80. The number of thiophene rings is 1. The summed E-state index contributed by atoms with van der Waals surface area (Å²) in [4.78, 5) is 2.98. The van der Waals surface area contributed by atoms with Gasteiger partial charge >= 0.3 is 0 Å². The fourth-order valence-corrected chi connectivity index (χ4v) is 3.68. The Morgan fingerprint density at radius 3 is 2.47 bits per heavy atom. The first kappa shape index (κ1) is 14.7. The van der Waals surface area contributed by atoms with E-state index in [4.69, 9.17) is 0 Å². The summed E-state index contributed by atoms with van der Waals surface area (Å²) >= 11 is 1.96. The van der Waals surface area contributed by atoms with Gasteiger partial charge in [-0.05, 0) is 44.4 Å². The minimum Gasteiger partial charge on any atom is -0.309 e. The van der Waals surface area contributed by atoms with E-state index in [-0.39, 0.29) is 0 Å². The Morgan fingerprint density at radius 1 is 1.29 bits per heavy atom. The third-order valence-corrected chi connectivity index (χ3v) is 4.60. The first-order chi connectivity index (χ1) is 8.10. The van der Waals surface area contributed by atoms with Crippen LogP contribution in [0.5, 0.6) is 0 Å². The maximum atomic E-state index is 3.67. The zero-order chi connectivity index (χ0) is 12.8. The highest BCUT2D eigenvalue weighted by molar-refractivity contribution is 7.12. The number of aryl methyl sites for hydroxylation is 2. The highest BCUT2D eigenvalue weighted by Crippen LogP contribution is 2.33. The molecular formula is C15H27NS. The Hall–Kier alpha value is -0.340. The lowest BCUT2D eigenvalue weighted by molar-refractivity contribution is 0.366. The summed E-state index contributed by atoms with van der Waals surface area (Å²) in [5.74, 6) is 0.728. The van der Waals surface area contributed by atoms with E-state index in [1.165, 1.54) is 29.7 Å². The van der Waals surface area contributed by atoms with Crippen molar-refractivity contribution in [2.24, 2.45) is 5.92 Å². The largest absolute Gasteiger partial charge is 0.309 e. The van der Waals surface area contributed by atoms with Crippen LogP contribution in [0.4, 0.5) is 0 Å². The summed E-state index contributed by atoms with van der Waals surface area (Å²) in [6, 6.07) is 2.86. The first-order valence-electron chi connectivity index (χ1n) is 6.90. The van der Waals surface area contributed by atoms with Crippen LogP contribution in [0.25, 0.3) is 0 Å². The molecule has 0 aromatic carbocycles. The molecule has 2 heteroatoms. The van der Waals surface area contributed by atoms with Crippen LogP contribution in [-0.4, -0.2) is 6.54 Å². The molecule has 1 rings (SSSR count). The summed E-state index contributed by atoms with van der Waals surface area (Å²) in [5, 5.41) is 3.67. The van der Waals surface area contributed by atoms with Crippen LogP contribution in [0.15, 0.2) is 6.07 Å². The van der Waals surface area contributed by atoms with Gasteiger partial charge in [-0.25, -0.2) is 0 Å². The molecule has 0 aliphatic rings. The molecule has 2 atom stereocenters. The molecular weight excluding hydrogens is 226 g/mol. The second kappa shape index (κ2) is 7.17. The maximum absolute atomic E-state index is 3.67. The lowest BCUT2D eigenvalue weighted by Crippen LogP contribution is -2.26. The van der Waals surface area contributed by atoms with Crippen molar-refractivity contribution >= 4 is 11.3 Å². The van der Waals surface area contributed by atoms with E-state index in [0.29, 0.717) is 6.04 Å². The standard InChI is InChI=1S/C15H27NS/c1-6-8-9-11(3)14(16-7-2)15-12(4)10-13(5)17-15/h10-11,14,16H,6-9H2,1-5H3. The molecule has 1 aromatic heterocycles. The molecule has 0 aliphatic heterocycles. The van der Waals surface area contributed by atoms with E-state index in [0.717, 1.165) is 12.5 Å². The highest BCUT2D eigenvalue weighted by atomic mass is 32.1. The van der Waals surface area contributed by atoms with Gasteiger partial charge in [0.1, 0.15) is 0 Å². The predicted molar refractivity (Wildman–Crippen MR) is 78.9 cm³/mol. The summed E-state index contributed by atoms with van der Waals surface area (Å²) in [7, 11) is 0. The van der Waals surface area contributed by atoms with Gasteiger partial charge in [0.2, 0.25) is 0 Å². The first-order valence-corrected chi connectivity index (χ1v) is 7.72. The smallest absolute Gasteiger partial charge is 0.0443 e. The Bertz CT molecular complexity index is 330. The summed E-state index contributed by atoms with van der Waals surface area (Å²) < 4.78 is 0. The van der Waals surface area contributed by atoms with Gasteiger partial charge in [-0.1, -0.05) is 33.6 Å². The van der Waals surface area contributed by atoms with Gasteiger partial charge in [0, 0.05) is 15.8 Å². The van der Waals surface area contributed by atoms with Gasteiger partial charge in [0.05, 0.1) is 0 Å². The Labute approximate surface area is 111 Å². The number of hydrogen-bond acceptors (Lipinski definition) is 2. The van der Waals surface area contributed by atoms with E-state index in [2.05, 4.69) is 46.0 Å². The molecule has 0 fully saturated rings. The second-order valence-corrected chi connectivity index (χ2v) is 6.35. The van der Waals surface area contributed by atoms with Crippen molar-refractivity contribution in [3.05, 3.63) is 21.4 Å². The molecule has 0 spiro atoms. The fraction of sp³-hybridized carbons (Fsp3) is 0.733. The van der Waals surface area contributed by atoms with E-state index in [1.807, 2.05) is 11.3 Å². The lowest BCUT2D eigenvalue weighted by Gasteiger charge is -2.24. The monoisotopic (exact) mass is 253 g/mol. The highest BCUT2D eigenvalue weighted by Gasteiger charge is 2.21. The quantitative estimate of drug-likeness (QED) is 0.733. The molecule has 0 amide bonds. The molecule has 1 N–H and O–H groups in total. The summed E-state index contributed by atoms with van der Waals surface area (Å²) in [6.07, 6.45) is 3.96. The average Bonchev–Trinajstić information content (AvgIpc) is 2.62. The summed E-state index contributed by atoms with van der Waals surface area (Å²) in [5.41, 5.74) is 1.46. The number of rotatable bonds is 7. The molecule has 2 unspecified atom stereocenters. The third kappa shape index (κ3) is 4.11. The minimum absolute atomic E-state index is 0.547. The van der Waals surface area contributed by atoms with Gasteiger partial charge < -0.3 is 5.32 Å². The molecule has 98 valence electrons.